The third kappa shape index (κ3) is 3.96. The van der Waals surface area contributed by atoms with E-state index in [2.05, 4.69) is 0 Å². The zero-order chi connectivity index (χ0) is 17.6. The quantitative estimate of drug-likeness (QED) is 0.671. The van der Waals surface area contributed by atoms with Gasteiger partial charge >= 0.3 is 5.97 Å². The van der Waals surface area contributed by atoms with Gasteiger partial charge in [0.15, 0.2) is 0 Å². The maximum absolute atomic E-state index is 11.2. The minimum atomic E-state index is -0.930. The fraction of sp³-hybridized carbons (Fsp3) is 0.0455. The maximum Gasteiger partial charge on any atom is 0.335 e. The first-order valence-corrected chi connectivity index (χ1v) is 7.92. The number of benzene rings is 3. The summed E-state index contributed by atoms with van der Waals surface area (Å²) in [4.78, 5) is 11.2. The molecule has 124 valence electrons. The second-order valence-electron chi connectivity index (χ2n) is 5.58. The lowest BCUT2D eigenvalue weighted by atomic mass is 9.95. The average Bonchev–Trinajstić information content (AvgIpc) is 2.67. The summed E-state index contributed by atoms with van der Waals surface area (Å²) in [6.07, 6.45) is 2.00. The summed E-state index contributed by atoms with van der Waals surface area (Å²) in [5, 5.41) is 9.20. The first kappa shape index (κ1) is 16.5. The van der Waals surface area contributed by atoms with E-state index >= 15 is 0 Å². The van der Waals surface area contributed by atoms with E-state index in [1.165, 1.54) is 0 Å². The van der Waals surface area contributed by atoms with Crippen LogP contribution in [0.15, 0.2) is 78.9 Å². The van der Waals surface area contributed by atoms with Gasteiger partial charge in [0.05, 0.1) is 12.7 Å². The molecule has 0 aromatic heterocycles. The number of hydrogen-bond donors (Lipinski definition) is 1. The Kier molecular flexibility index (Phi) is 4.95. The van der Waals surface area contributed by atoms with Crippen molar-refractivity contribution >= 4 is 17.6 Å². The van der Waals surface area contributed by atoms with Crippen LogP contribution < -0.4 is 4.74 Å². The molecule has 25 heavy (non-hydrogen) atoms. The Morgan fingerprint density at radius 2 is 1.48 bits per heavy atom. The van der Waals surface area contributed by atoms with Gasteiger partial charge < -0.3 is 9.84 Å². The van der Waals surface area contributed by atoms with Crippen molar-refractivity contribution in [1.82, 2.24) is 0 Å². The highest BCUT2D eigenvalue weighted by molar-refractivity contribution is 5.93. The van der Waals surface area contributed by atoms with Gasteiger partial charge in [0.25, 0.3) is 0 Å². The van der Waals surface area contributed by atoms with Crippen LogP contribution in [0.25, 0.3) is 11.6 Å². The molecule has 0 aliphatic rings. The standard InChI is InChI=1S/C22H18O3/c1-25-20-12-10-18(11-13-20)21(17-7-3-2-4-8-17)15-16-6-5-9-19(14-16)22(23)24/h2-15H,1H3,(H,23,24). The normalized spacial score (nSPS) is 11.2. The number of hydrogen-bond acceptors (Lipinski definition) is 2. The van der Waals surface area contributed by atoms with E-state index in [0.29, 0.717) is 0 Å². The number of rotatable bonds is 5. The molecule has 0 saturated carbocycles. The van der Waals surface area contributed by atoms with Gasteiger partial charge in [0, 0.05) is 0 Å². The van der Waals surface area contributed by atoms with E-state index in [1.807, 2.05) is 66.7 Å². The predicted octanol–water partition coefficient (Wildman–Crippen LogP) is 4.98. The van der Waals surface area contributed by atoms with Crippen LogP contribution in [0.3, 0.4) is 0 Å². The van der Waals surface area contributed by atoms with Crippen molar-refractivity contribution in [2.75, 3.05) is 7.11 Å². The van der Waals surface area contributed by atoms with E-state index in [0.717, 1.165) is 28.0 Å². The molecule has 3 aromatic carbocycles. The van der Waals surface area contributed by atoms with Crippen molar-refractivity contribution in [3.63, 3.8) is 0 Å². The smallest absolute Gasteiger partial charge is 0.335 e. The predicted molar refractivity (Wildman–Crippen MR) is 99.8 cm³/mol. The molecule has 0 bridgehead atoms. The molecule has 3 aromatic rings. The minimum absolute atomic E-state index is 0.274. The minimum Gasteiger partial charge on any atom is -0.497 e. The lowest BCUT2D eigenvalue weighted by molar-refractivity contribution is 0.0697. The van der Waals surface area contributed by atoms with Crippen molar-refractivity contribution in [3.05, 3.63) is 101 Å². The zero-order valence-corrected chi connectivity index (χ0v) is 13.8. The lowest BCUT2D eigenvalue weighted by Gasteiger charge is -2.10. The van der Waals surface area contributed by atoms with Crippen molar-refractivity contribution in [2.45, 2.75) is 0 Å². The van der Waals surface area contributed by atoms with E-state index in [9.17, 15) is 9.90 Å². The van der Waals surface area contributed by atoms with Crippen molar-refractivity contribution in [2.24, 2.45) is 0 Å². The van der Waals surface area contributed by atoms with Crippen LogP contribution in [0.1, 0.15) is 27.0 Å². The average molecular weight is 330 g/mol. The Morgan fingerprint density at radius 1 is 0.840 bits per heavy atom. The third-order valence-corrected chi connectivity index (χ3v) is 3.93. The van der Waals surface area contributed by atoms with Crippen LogP contribution in [-0.2, 0) is 0 Å². The van der Waals surface area contributed by atoms with E-state index in [4.69, 9.17) is 4.74 Å². The number of ether oxygens (including phenoxy) is 1. The molecule has 1 N–H and O–H groups in total. The molecule has 3 rings (SSSR count). The molecule has 0 saturated heterocycles. The summed E-state index contributed by atoms with van der Waals surface area (Å²) in [6, 6.07) is 24.8. The molecular weight excluding hydrogens is 312 g/mol. The van der Waals surface area contributed by atoms with Crippen LogP contribution in [-0.4, -0.2) is 18.2 Å². The molecular formula is C22H18O3. The van der Waals surface area contributed by atoms with Crippen molar-refractivity contribution < 1.29 is 14.6 Å². The number of methoxy groups -OCH3 is 1. The molecule has 3 heteroatoms. The summed E-state index contributed by atoms with van der Waals surface area (Å²) < 4.78 is 5.23. The Hall–Kier alpha value is -3.33. The second-order valence-corrected chi connectivity index (χ2v) is 5.58. The van der Waals surface area contributed by atoms with Crippen LogP contribution in [0.2, 0.25) is 0 Å². The molecule has 0 aliphatic heterocycles. The number of carbonyl (C=O) groups is 1. The van der Waals surface area contributed by atoms with Crippen LogP contribution in [0.5, 0.6) is 5.75 Å². The SMILES string of the molecule is COc1ccc(C(=Cc2cccc(C(=O)O)c2)c2ccccc2)cc1. The number of aromatic carboxylic acids is 1. The molecule has 0 heterocycles. The van der Waals surface area contributed by atoms with Gasteiger partial charge in [0.2, 0.25) is 0 Å². The second kappa shape index (κ2) is 7.49. The molecule has 0 aliphatic carbocycles. The van der Waals surface area contributed by atoms with E-state index in [1.54, 1.807) is 25.3 Å². The first-order valence-electron chi connectivity index (χ1n) is 7.92. The van der Waals surface area contributed by atoms with Crippen molar-refractivity contribution in [3.8, 4) is 5.75 Å². The summed E-state index contributed by atoms with van der Waals surface area (Å²) in [5.41, 5.74) is 4.23. The molecule has 0 spiro atoms. The summed E-state index contributed by atoms with van der Waals surface area (Å²) in [6.45, 7) is 0. The lowest BCUT2D eigenvalue weighted by Crippen LogP contribution is -1.96. The molecule has 0 radical (unpaired) electrons. The fourth-order valence-electron chi connectivity index (χ4n) is 2.65. The van der Waals surface area contributed by atoms with Gasteiger partial charge in [-0.05, 0) is 52.6 Å². The molecule has 0 fully saturated rings. The fourth-order valence-corrected chi connectivity index (χ4v) is 2.65. The first-order chi connectivity index (χ1) is 12.2. The largest absolute Gasteiger partial charge is 0.497 e. The van der Waals surface area contributed by atoms with Crippen molar-refractivity contribution in [1.29, 1.82) is 0 Å². The van der Waals surface area contributed by atoms with Gasteiger partial charge in [-0.1, -0.05) is 54.6 Å². The topological polar surface area (TPSA) is 46.5 Å². The van der Waals surface area contributed by atoms with Gasteiger partial charge in [0.1, 0.15) is 5.75 Å². The van der Waals surface area contributed by atoms with Gasteiger partial charge in [-0.25, -0.2) is 4.79 Å². The van der Waals surface area contributed by atoms with Gasteiger partial charge in [-0.15, -0.1) is 0 Å². The molecule has 0 atom stereocenters. The Labute approximate surface area is 146 Å². The highest BCUT2D eigenvalue weighted by Crippen LogP contribution is 2.27. The van der Waals surface area contributed by atoms with E-state index in [-0.39, 0.29) is 5.56 Å². The Bertz CT molecular complexity index is 894. The Balaban J connectivity index is 2.10. The summed E-state index contributed by atoms with van der Waals surface area (Å²) >= 11 is 0. The maximum atomic E-state index is 11.2. The number of carboxylic acids is 1. The molecule has 0 amide bonds. The molecule has 0 unspecified atom stereocenters. The summed E-state index contributed by atoms with van der Waals surface area (Å²) in [7, 11) is 1.64. The Morgan fingerprint density at radius 3 is 2.12 bits per heavy atom. The zero-order valence-electron chi connectivity index (χ0n) is 13.8. The summed E-state index contributed by atoms with van der Waals surface area (Å²) in [5.74, 6) is -0.134. The third-order valence-electron chi connectivity index (χ3n) is 3.93. The highest BCUT2D eigenvalue weighted by atomic mass is 16.5. The highest BCUT2D eigenvalue weighted by Gasteiger charge is 2.07. The van der Waals surface area contributed by atoms with Crippen LogP contribution in [0.4, 0.5) is 0 Å². The van der Waals surface area contributed by atoms with Gasteiger partial charge in [-0.3, -0.25) is 0 Å². The van der Waals surface area contributed by atoms with Gasteiger partial charge in [-0.2, -0.15) is 0 Å². The van der Waals surface area contributed by atoms with Crippen LogP contribution >= 0.6 is 0 Å². The molecule has 3 nitrogen and oxygen atoms in total. The van der Waals surface area contributed by atoms with Crippen LogP contribution in [0, 0.1) is 0 Å². The number of carboxylic acid groups (broad SMARTS) is 1. The monoisotopic (exact) mass is 330 g/mol. The van der Waals surface area contributed by atoms with E-state index < -0.39 is 5.97 Å².